The molecule has 2 N–H and O–H groups in total. The number of carbonyl (C=O) groups is 1. The summed E-state index contributed by atoms with van der Waals surface area (Å²) < 4.78 is 5.06. The highest BCUT2D eigenvalue weighted by atomic mass is 35.5. The molecular weight excluding hydrogens is 228 g/mol. The van der Waals surface area contributed by atoms with Gasteiger partial charge in [-0.05, 0) is 26.5 Å². The maximum absolute atomic E-state index is 11.6. The van der Waals surface area contributed by atoms with Gasteiger partial charge in [0.15, 0.2) is 0 Å². The summed E-state index contributed by atoms with van der Waals surface area (Å²) in [5, 5.41) is 6.07. The summed E-state index contributed by atoms with van der Waals surface area (Å²) in [6, 6.07) is 1.97. The Labute approximate surface area is 102 Å². The lowest BCUT2D eigenvalue weighted by atomic mass is 10.2. The number of halogens is 1. The molecule has 0 aliphatic rings. The summed E-state index contributed by atoms with van der Waals surface area (Å²) in [6.07, 6.45) is 1.53. The summed E-state index contributed by atoms with van der Waals surface area (Å²) in [7, 11) is 0. The van der Waals surface area contributed by atoms with Gasteiger partial charge in [0.1, 0.15) is 5.76 Å². The van der Waals surface area contributed by atoms with E-state index in [-0.39, 0.29) is 24.4 Å². The Morgan fingerprint density at radius 2 is 2.25 bits per heavy atom. The summed E-state index contributed by atoms with van der Waals surface area (Å²) in [6.45, 7) is 7.38. The molecule has 0 bridgehead atoms. The van der Waals surface area contributed by atoms with Crippen LogP contribution in [-0.2, 0) is 0 Å². The first-order valence-corrected chi connectivity index (χ1v) is 5.20. The Morgan fingerprint density at radius 3 is 2.75 bits per heavy atom. The minimum atomic E-state index is -0.0778. The van der Waals surface area contributed by atoms with Crippen LogP contribution in [0.2, 0.25) is 0 Å². The largest absolute Gasteiger partial charge is 0.469 e. The van der Waals surface area contributed by atoms with Crippen LogP contribution in [0, 0.1) is 6.92 Å². The number of amides is 1. The van der Waals surface area contributed by atoms with Crippen molar-refractivity contribution in [1.29, 1.82) is 0 Å². The third kappa shape index (κ3) is 4.24. The van der Waals surface area contributed by atoms with Crippen LogP contribution >= 0.6 is 12.4 Å². The van der Waals surface area contributed by atoms with Crippen molar-refractivity contribution in [3.63, 3.8) is 0 Å². The molecule has 0 aliphatic heterocycles. The highest BCUT2D eigenvalue weighted by Crippen LogP contribution is 2.07. The number of rotatable bonds is 5. The van der Waals surface area contributed by atoms with E-state index in [9.17, 15) is 4.79 Å². The fourth-order valence-corrected chi connectivity index (χ4v) is 1.38. The molecule has 1 atom stereocenters. The quantitative estimate of drug-likeness (QED) is 0.832. The molecule has 5 heteroatoms. The molecule has 0 spiro atoms. The zero-order chi connectivity index (χ0) is 11.3. The summed E-state index contributed by atoms with van der Waals surface area (Å²) in [5.74, 6) is 0.578. The van der Waals surface area contributed by atoms with Crippen LogP contribution in [0.3, 0.4) is 0 Å². The fourth-order valence-electron chi connectivity index (χ4n) is 1.38. The van der Waals surface area contributed by atoms with Gasteiger partial charge in [0, 0.05) is 12.6 Å². The predicted molar refractivity (Wildman–Crippen MR) is 66.2 cm³/mol. The van der Waals surface area contributed by atoms with Gasteiger partial charge in [0.2, 0.25) is 0 Å². The van der Waals surface area contributed by atoms with Crippen molar-refractivity contribution < 1.29 is 9.21 Å². The maximum atomic E-state index is 11.6. The Bertz CT molecular complexity index is 326. The monoisotopic (exact) mass is 246 g/mol. The molecule has 0 fully saturated rings. The van der Waals surface area contributed by atoms with Crippen LogP contribution in [0.25, 0.3) is 0 Å². The number of nitrogens with one attached hydrogen (secondary N) is 2. The number of carbonyl (C=O) groups excluding carboxylic acids is 1. The standard InChI is InChI=1S/C11H18N2O2.ClH/c1-4-12-8(2)7-13-11(14)10-5-6-15-9(10)3;/h5-6,8,12H,4,7H2,1-3H3,(H,13,14);1H/t8-;/m1./s1. The zero-order valence-corrected chi connectivity index (χ0v) is 10.7. The van der Waals surface area contributed by atoms with Gasteiger partial charge in [0.25, 0.3) is 5.91 Å². The molecule has 92 valence electrons. The van der Waals surface area contributed by atoms with Crippen LogP contribution < -0.4 is 10.6 Å². The lowest BCUT2D eigenvalue weighted by Gasteiger charge is -2.12. The van der Waals surface area contributed by atoms with Crippen LogP contribution in [0.5, 0.6) is 0 Å². The first kappa shape index (κ1) is 15.0. The van der Waals surface area contributed by atoms with E-state index in [0.29, 0.717) is 17.9 Å². The first-order chi connectivity index (χ1) is 7.15. The van der Waals surface area contributed by atoms with Gasteiger partial charge in [-0.15, -0.1) is 12.4 Å². The van der Waals surface area contributed by atoms with Gasteiger partial charge < -0.3 is 15.1 Å². The van der Waals surface area contributed by atoms with Crippen LogP contribution in [-0.4, -0.2) is 25.0 Å². The third-order valence-corrected chi connectivity index (χ3v) is 2.22. The fraction of sp³-hybridized carbons (Fsp3) is 0.545. The van der Waals surface area contributed by atoms with E-state index in [0.717, 1.165) is 6.54 Å². The van der Waals surface area contributed by atoms with Gasteiger partial charge >= 0.3 is 0 Å². The van der Waals surface area contributed by atoms with Crippen LogP contribution in [0.15, 0.2) is 16.7 Å². The lowest BCUT2D eigenvalue weighted by molar-refractivity contribution is 0.0948. The molecule has 0 saturated heterocycles. The second kappa shape index (κ2) is 7.30. The average Bonchev–Trinajstić information content (AvgIpc) is 2.61. The number of likely N-dealkylation sites (N-methyl/N-ethyl adjacent to an activating group) is 1. The van der Waals surface area contributed by atoms with E-state index in [1.807, 2.05) is 13.8 Å². The minimum Gasteiger partial charge on any atom is -0.469 e. The van der Waals surface area contributed by atoms with Gasteiger partial charge in [-0.2, -0.15) is 0 Å². The molecule has 0 aliphatic carbocycles. The van der Waals surface area contributed by atoms with Crippen LogP contribution in [0.4, 0.5) is 0 Å². The van der Waals surface area contributed by atoms with Crippen molar-refractivity contribution in [3.05, 3.63) is 23.7 Å². The second-order valence-electron chi connectivity index (χ2n) is 3.56. The van der Waals surface area contributed by atoms with Gasteiger partial charge in [-0.25, -0.2) is 0 Å². The van der Waals surface area contributed by atoms with Crippen molar-refractivity contribution in [1.82, 2.24) is 10.6 Å². The zero-order valence-electron chi connectivity index (χ0n) is 9.87. The maximum Gasteiger partial charge on any atom is 0.254 e. The molecule has 0 aromatic carbocycles. The molecule has 0 unspecified atom stereocenters. The average molecular weight is 247 g/mol. The topological polar surface area (TPSA) is 54.3 Å². The normalized spacial score (nSPS) is 11.7. The van der Waals surface area contributed by atoms with Crippen LogP contribution in [0.1, 0.15) is 30.0 Å². The SMILES string of the molecule is CCN[C@H](C)CNC(=O)c1ccoc1C.Cl. The van der Waals surface area contributed by atoms with Gasteiger partial charge in [0.05, 0.1) is 11.8 Å². The van der Waals surface area contributed by atoms with Gasteiger partial charge in [-0.3, -0.25) is 4.79 Å². The molecule has 4 nitrogen and oxygen atoms in total. The summed E-state index contributed by atoms with van der Waals surface area (Å²) in [4.78, 5) is 11.6. The number of aryl methyl sites for hydroxylation is 1. The van der Waals surface area contributed by atoms with Crippen molar-refractivity contribution in [2.24, 2.45) is 0 Å². The van der Waals surface area contributed by atoms with E-state index < -0.39 is 0 Å². The minimum absolute atomic E-state index is 0. The van der Waals surface area contributed by atoms with Crippen molar-refractivity contribution in [2.45, 2.75) is 26.8 Å². The molecule has 16 heavy (non-hydrogen) atoms. The lowest BCUT2D eigenvalue weighted by Crippen LogP contribution is -2.38. The molecule has 1 amide bonds. The molecule has 0 saturated carbocycles. The highest BCUT2D eigenvalue weighted by molar-refractivity contribution is 5.95. The molecular formula is C11H19ClN2O2. The molecule has 0 radical (unpaired) electrons. The van der Waals surface area contributed by atoms with E-state index in [1.54, 1.807) is 13.0 Å². The molecule has 1 aromatic heterocycles. The number of hydrogen-bond acceptors (Lipinski definition) is 3. The highest BCUT2D eigenvalue weighted by Gasteiger charge is 2.11. The summed E-state index contributed by atoms with van der Waals surface area (Å²) in [5.41, 5.74) is 0.610. The Kier molecular flexibility index (Phi) is 6.85. The Hall–Kier alpha value is -1.00. The second-order valence-corrected chi connectivity index (χ2v) is 3.56. The molecule has 1 heterocycles. The molecule has 1 aromatic rings. The van der Waals surface area contributed by atoms with Gasteiger partial charge in [-0.1, -0.05) is 6.92 Å². The van der Waals surface area contributed by atoms with Crippen molar-refractivity contribution in [2.75, 3.05) is 13.1 Å². The first-order valence-electron chi connectivity index (χ1n) is 5.20. The Morgan fingerprint density at radius 1 is 1.56 bits per heavy atom. The molecule has 1 rings (SSSR count). The summed E-state index contributed by atoms with van der Waals surface area (Å²) >= 11 is 0. The van der Waals surface area contributed by atoms with E-state index in [1.165, 1.54) is 6.26 Å². The third-order valence-electron chi connectivity index (χ3n) is 2.22. The van der Waals surface area contributed by atoms with Crippen molar-refractivity contribution in [3.8, 4) is 0 Å². The Balaban J connectivity index is 0.00000225. The smallest absolute Gasteiger partial charge is 0.254 e. The van der Waals surface area contributed by atoms with E-state index in [2.05, 4.69) is 10.6 Å². The number of hydrogen-bond donors (Lipinski definition) is 2. The van der Waals surface area contributed by atoms with E-state index >= 15 is 0 Å². The number of furan rings is 1. The van der Waals surface area contributed by atoms with Crippen molar-refractivity contribution >= 4 is 18.3 Å². The predicted octanol–water partition coefficient (Wildman–Crippen LogP) is 1.74. The van der Waals surface area contributed by atoms with E-state index in [4.69, 9.17) is 4.42 Å².